The fraction of sp³-hybridized carbons (Fsp3) is 0.105. The maximum atomic E-state index is 7.05. The van der Waals surface area contributed by atoms with Gasteiger partial charge in [0.2, 0.25) is 0 Å². The van der Waals surface area contributed by atoms with E-state index in [4.69, 9.17) is 11.5 Å². The fourth-order valence-electron chi connectivity index (χ4n) is 5.66. The smallest absolute Gasteiger partial charge is 0.0470 e. The normalized spacial score (nSPS) is 14.7. The third-order valence-electron chi connectivity index (χ3n) is 7.74. The molecule has 0 amide bonds. The molecule has 0 bridgehead atoms. The molecule has 0 saturated heterocycles. The zero-order valence-corrected chi connectivity index (χ0v) is 23.1. The van der Waals surface area contributed by atoms with Crippen molar-refractivity contribution in [3.63, 3.8) is 0 Å². The van der Waals surface area contributed by atoms with Crippen molar-refractivity contribution in [2.45, 2.75) is 26.7 Å². The first-order valence-corrected chi connectivity index (χ1v) is 14.0. The summed E-state index contributed by atoms with van der Waals surface area (Å²) in [5.41, 5.74) is 24.1. The van der Waals surface area contributed by atoms with Crippen molar-refractivity contribution in [2.24, 2.45) is 5.73 Å². The molecule has 0 atom stereocenters. The summed E-state index contributed by atoms with van der Waals surface area (Å²) in [6.45, 7) is 4.08. The number of fused-ring (bicyclic) bond motifs is 3. The minimum atomic E-state index is 0.778. The standard InChI is InChI=1S/C38H34N2/c1-3-4-13-34-36(32-19-17-27-10-6-8-12-29(27)21-32)23-33-22-30(15-14-25(2)39)35(24-37(33)38(34)40)31-18-16-26-9-5-7-11-28(26)20-31/h4-21,23-24H,3,22,39-40H2,1-2H3/b13-4-,25-14-,30-15+. The van der Waals surface area contributed by atoms with Crippen LogP contribution in [0.25, 0.3) is 50.4 Å². The number of allylic oxidation sites excluding steroid dienone is 6. The molecule has 2 nitrogen and oxygen atoms in total. The predicted molar refractivity (Wildman–Crippen MR) is 175 cm³/mol. The van der Waals surface area contributed by atoms with Crippen molar-refractivity contribution in [1.29, 1.82) is 0 Å². The van der Waals surface area contributed by atoms with Gasteiger partial charge in [-0.05, 0) is 105 Å². The topological polar surface area (TPSA) is 52.0 Å². The molecular formula is C38H34N2. The third-order valence-corrected chi connectivity index (χ3v) is 7.74. The quantitative estimate of drug-likeness (QED) is 0.228. The van der Waals surface area contributed by atoms with Gasteiger partial charge in [-0.3, -0.25) is 0 Å². The van der Waals surface area contributed by atoms with Crippen LogP contribution < -0.4 is 11.5 Å². The first-order chi connectivity index (χ1) is 19.5. The van der Waals surface area contributed by atoms with E-state index in [0.717, 1.165) is 35.4 Å². The summed E-state index contributed by atoms with van der Waals surface area (Å²) < 4.78 is 0. The summed E-state index contributed by atoms with van der Waals surface area (Å²) in [6, 6.07) is 32.7. The van der Waals surface area contributed by atoms with E-state index in [1.807, 2.05) is 13.0 Å². The molecule has 0 radical (unpaired) electrons. The van der Waals surface area contributed by atoms with E-state index in [9.17, 15) is 0 Å². The maximum Gasteiger partial charge on any atom is 0.0470 e. The zero-order valence-electron chi connectivity index (χ0n) is 23.1. The van der Waals surface area contributed by atoms with Gasteiger partial charge in [0, 0.05) is 22.5 Å². The Hall–Kier alpha value is -4.82. The van der Waals surface area contributed by atoms with Crippen LogP contribution in [0, 0.1) is 0 Å². The summed E-state index contributed by atoms with van der Waals surface area (Å²) in [7, 11) is 0. The summed E-state index contributed by atoms with van der Waals surface area (Å²) in [6.07, 6.45) is 12.5. The highest BCUT2D eigenvalue weighted by Gasteiger charge is 2.22. The molecule has 0 aromatic heterocycles. The number of nitrogens with two attached hydrogens (primary N) is 2. The van der Waals surface area contributed by atoms with Crippen molar-refractivity contribution in [3.8, 4) is 11.1 Å². The van der Waals surface area contributed by atoms with Crippen LogP contribution in [0.3, 0.4) is 0 Å². The van der Waals surface area contributed by atoms with Crippen molar-refractivity contribution in [3.05, 3.63) is 143 Å². The lowest BCUT2D eigenvalue weighted by atomic mass is 9.80. The molecule has 6 rings (SSSR count). The second-order valence-electron chi connectivity index (χ2n) is 10.6. The lowest BCUT2D eigenvalue weighted by Gasteiger charge is -2.25. The van der Waals surface area contributed by atoms with E-state index in [0.29, 0.717) is 0 Å². The molecule has 0 saturated carbocycles. The number of rotatable bonds is 5. The van der Waals surface area contributed by atoms with Crippen LogP contribution in [0.4, 0.5) is 5.69 Å². The van der Waals surface area contributed by atoms with Crippen molar-refractivity contribution < 1.29 is 0 Å². The van der Waals surface area contributed by atoms with E-state index in [-0.39, 0.29) is 0 Å². The Kier molecular flexibility index (Phi) is 6.84. The molecule has 2 heteroatoms. The van der Waals surface area contributed by atoms with Gasteiger partial charge in [-0.2, -0.15) is 0 Å². The van der Waals surface area contributed by atoms with E-state index < -0.39 is 0 Å². The van der Waals surface area contributed by atoms with Crippen LogP contribution in [0.5, 0.6) is 0 Å². The monoisotopic (exact) mass is 518 g/mol. The van der Waals surface area contributed by atoms with Gasteiger partial charge in [0.15, 0.2) is 0 Å². The van der Waals surface area contributed by atoms with Crippen molar-refractivity contribution in [2.75, 3.05) is 5.73 Å². The van der Waals surface area contributed by atoms with E-state index in [1.54, 1.807) is 0 Å². The summed E-state index contributed by atoms with van der Waals surface area (Å²) >= 11 is 0. The first-order valence-electron chi connectivity index (χ1n) is 14.0. The summed E-state index contributed by atoms with van der Waals surface area (Å²) in [5, 5.41) is 4.92. The number of nitrogen functional groups attached to an aromatic ring is 1. The molecule has 0 heterocycles. The molecule has 0 fully saturated rings. The molecule has 5 aromatic carbocycles. The zero-order chi connectivity index (χ0) is 27.6. The van der Waals surface area contributed by atoms with Gasteiger partial charge in [0.25, 0.3) is 0 Å². The molecule has 1 aliphatic carbocycles. The molecule has 0 unspecified atom stereocenters. The minimum Gasteiger partial charge on any atom is -0.402 e. The van der Waals surface area contributed by atoms with E-state index >= 15 is 0 Å². The van der Waals surface area contributed by atoms with Crippen LogP contribution in [-0.4, -0.2) is 0 Å². The highest BCUT2D eigenvalue weighted by molar-refractivity contribution is 6.02. The van der Waals surface area contributed by atoms with Crippen molar-refractivity contribution in [1.82, 2.24) is 0 Å². The average molecular weight is 519 g/mol. The first kappa shape index (κ1) is 25.5. The molecule has 5 aromatic rings. The SMILES string of the molecule is CC/C=C\c1c(-c2ccc3ccccc3c2)cc2c(c1N)C=C(c1ccc3ccccc3c1)/C(=C/C=C(/C)N)C2. The lowest BCUT2D eigenvalue weighted by molar-refractivity contribution is 1.17. The molecule has 4 N–H and O–H groups in total. The van der Waals surface area contributed by atoms with Gasteiger partial charge in [0.1, 0.15) is 0 Å². The predicted octanol–water partition coefficient (Wildman–Crippen LogP) is 9.55. The van der Waals surface area contributed by atoms with Gasteiger partial charge < -0.3 is 11.5 Å². The van der Waals surface area contributed by atoms with Gasteiger partial charge in [-0.15, -0.1) is 0 Å². The molecule has 0 spiro atoms. The highest BCUT2D eigenvalue weighted by Crippen LogP contribution is 2.43. The Bertz CT molecular complexity index is 1880. The average Bonchev–Trinajstić information content (AvgIpc) is 2.98. The highest BCUT2D eigenvalue weighted by atomic mass is 14.6. The van der Waals surface area contributed by atoms with Crippen LogP contribution in [0.2, 0.25) is 0 Å². The molecule has 196 valence electrons. The third kappa shape index (κ3) is 4.85. The fourth-order valence-corrected chi connectivity index (χ4v) is 5.66. The van der Waals surface area contributed by atoms with E-state index in [2.05, 4.69) is 122 Å². The Morgan fingerprint density at radius 2 is 1.43 bits per heavy atom. The van der Waals surface area contributed by atoms with Crippen LogP contribution >= 0.6 is 0 Å². The largest absolute Gasteiger partial charge is 0.402 e. The molecular weight excluding hydrogens is 484 g/mol. The minimum absolute atomic E-state index is 0.778. The second-order valence-corrected chi connectivity index (χ2v) is 10.6. The Labute approximate surface area is 236 Å². The van der Waals surface area contributed by atoms with Crippen LogP contribution in [0.15, 0.2) is 120 Å². The maximum absolute atomic E-state index is 7.05. The number of hydrogen-bond donors (Lipinski definition) is 2. The molecule has 40 heavy (non-hydrogen) atoms. The molecule has 1 aliphatic rings. The van der Waals surface area contributed by atoms with Crippen molar-refractivity contribution >= 4 is 45.0 Å². The van der Waals surface area contributed by atoms with E-state index in [1.165, 1.54) is 54.9 Å². The van der Waals surface area contributed by atoms with Gasteiger partial charge in [-0.25, -0.2) is 0 Å². The van der Waals surface area contributed by atoms with Gasteiger partial charge in [0.05, 0.1) is 0 Å². The number of hydrogen-bond acceptors (Lipinski definition) is 2. The number of benzene rings is 5. The van der Waals surface area contributed by atoms with Crippen LogP contribution in [-0.2, 0) is 6.42 Å². The Balaban J connectivity index is 1.58. The number of anilines is 1. The Morgan fingerprint density at radius 3 is 2.08 bits per heavy atom. The van der Waals surface area contributed by atoms with Crippen LogP contribution in [0.1, 0.15) is 42.5 Å². The second kappa shape index (κ2) is 10.7. The van der Waals surface area contributed by atoms with Gasteiger partial charge >= 0.3 is 0 Å². The van der Waals surface area contributed by atoms with Gasteiger partial charge in [-0.1, -0.05) is 97.9 Å². The Morgan fingerprint density at radius 1 is 0.800 bits per heavy atom. The molecule has 0 aliphatic heterocycles. The lowest BCUT2D eigenvalue weighted by Crippen LogP contribution is -2.08. The summed E-state index contributed by atoms with van der Waals surface area (Å²) in [5.74, 6) is 0. The summed E-state index contributed by atoms with van der Waals surface area (Å²) in [4.78, 5) is 0.